The number of phenolic OH excluding ortho intramolecular Hbond substituents is 1. The number of H-pyrrole nitrogens is 1. The second-order valence-electron chi connectivity index (χ2n) is 7.45. The molecule has 0 fully saturated rings. The van der Waals surface area contributed by atoms with E-state index in [0.29, 0.717) is 22.3 Å². The minimum Gasteiger partial charge on any atom is -0.507 e. The Hall–Kier alpha value is -4.20. The van der Waals surface area contributed by atoms with Gasteiger partial charge >= 0.3 is 12.3 Å². The minimum atomic E-state index is -2.99. The van der Waals surface area contributed by atoms with E-state index in [0.717, 1.165) is 4.68 Å². The minimum absolute atomic E-state index is 0.0559. The van der Waals surface area contributed by atoms with Gasteiger partial charge in [0.05, 0.1) is 5.69 Å². The smallest absolute Gasteiger partial charge is 0.387 e. The van der Waals surface area contributed by atoms with Crippen molar-refractivity contribution >= 4 is 23.2 Å². The maximum atomic E-state index is 12.6. The molecule has 0 aliphatic rings. The van der Waals surface area contributed by atoms with Gasteiger partial charge in [-0.05, 0) is 53.1 Å². The summed E-state index contributed by atoms with van der Waals surface area (Å²) >= 11 is 12.9. The Bertz CT molecular complexity index is 1610. The van der Waals surface area contributed by atoms with Crippen molar-refractivity contribution in [3.63, 3.8) is 0 Å². The second-order valence-corrected chi connectivity index (χ2v) is 8.27. The van der Waals surface area contributed by atoms with E-state index in [1.54, 1.807) is 24.3 Å². The van der Waals surface area contributed by atoms with Gasteiger partial charge in [0.1, 0.15) is 17.6 Å². The Morgan fingerprint density at radius 3 is 2.50 bits per heavy atom. The number of aromatic nitrogens is 3. The van der Waals surface area contributed by atoms with Crippen molar-refractivity contribution in [2.45, 2.75) is 13.0 Å². The van der Waals surface area contributed by atoms with E-state index in [4.69, 9.17) is 28.5 Å². The third kappa shape index (κ3) is 5.22. The first kappa shape index (κ1) is 24.9. The maximum absolute atomic E-state index is 12.6. The molecule has 0 aliphatic carbocycles. The number of hydrogen-bond donors (Lipinski definition) is 2. The van der Waals surface area contributed by atoms with E-state index >= 15 is 0 Å². The predicted octanol–water partition coefficient (Wildman–Crippen LogP) is 4.66. The topological polar surface area (TPSA) is 121 Å². The van der Waals surface area contributed by atoms with Crippen LogP contribution < -0.4 is 16.0 Å². The number of nitriles is 1. The maximum Gasteiger partial charge on any atom is 0.387 e. The van der Waals surface area contributed by atoms with E-state index in [9.17, 15) is 23.5 Å². The molecule has 0 saturated carbocycles. The monoisotopic (exact) mass is 530 g/mol. The largest absolute Gasteiger partial charge is 0.507 e. The van der Waals surface area contributed by atoms with Gasteiger partial charge in [0.2, 0.25) is 5.69 Å². The molecule has 4 aromatic rings. The predicted molar refractivity (Wildman–Crippen MR) is 128 cm³/mol. The molecule has 0 spiro atoms. The standard InChI is InChI=1S/C24H14Cl2F2N4O4/c25-18-9-14(32-24(35)30-22(34)20(11-29)31-32)10-19(26)17(18)7-12-4-5-21(33)16(6-12)13-2-1-3-15(8-13)36-23(27)28/h1-6,8-10,23,33H,7H2,(H,30,34,35). The van der Waals surface area contributed by atoms with E-state index in [-0.39, 0.29) is 33.7 Å². The number of aromatic amines is 1. The third-order valence-electron chi connectivity index (χ3n) is 5.12. The Balaban J connectivity index is 1.69. The molecule has 4 rings (SSSR count). The molecule has 12 heteroatoms. The molecule has 0 radical (unpaired) electrons. The summed E-state index contributed by atoms with van der Waals surface area (Å²) in [5, 5.41) is 23.5. The summed E-state index contributed by atoms with van der Waals surface area (Å²) in [4.78, 5) is 25.8. The van der Waals surface area contributed by atoms with Gasteiger partial charge in [-0.2, -0.15) is 18.7 Å². The number of hydrogen-bond acceptors (Lipinski definition) is 6. The van der Waals surface area contributed by atoms with Crippen molar-refractivity contribution in [2.75, 3.05) is 0 Å². The molecule has 2 N–H and O–H groups in total. The molecule has 0 bridgehead atoms. The number of nitrogens with zero attached hydrogens (tertiary/aromatic N) is 3. The molecular formula is C24H14Cl2F2N4O4. The van der Waals surface area contributed by atoms with Crippen LogP contribution in [0.15, 0.2) is 64.2 Å². The molecule has 1 aromatic heterocycles. The van der Waals surface area contributed by atoms with Crippen molar-refractivity contribution in [1.29, 1.82) is 5.26 Å². The van der Waals surface area contributed by atoms with Crippen molar-refractivity contribution in [2.24, 2.45) is 0 Å². The Labute approximate surface area is 211 Å². The molecule has 1 heterocycles. The zero-order valence-electron chi connectivity index (χ0n) is 18.0. The van der Waals surface area contributed by atoms with Crippen LogP contribution in [0.3, 0.4) is 0 Å². The Kier molecular flexibility index (Phi) is 7.05. The molecule has 3 aromatic carbocycles. The highest BCUT2D eigenvalue weighted by atomic mass is 35.5. The fraction of sp³-hybridized carbons (Fsp3) is 0.0833. The second kappa shape index (κ2) is 10.2. The van der Waals surface area contributed by atoms with Crippen molar-refractivity contribution < 1.29 is 18.6 Å². The quantitative estimate of drug-likeness (QED) is 0.373. The highest BCUT2D eigenvalue weighted by molar-refractivity contribution is 6.36. The number of halogens is 4. The van der Waals surface area contributed by atoms with Gasteiger partial charge in [0.15, 0.2) is 0 Å². The van der Waals surface area contributed by atoms with Gasteiger partial charge in [-0.25, -0.2) is 4.79 Å². The van der Waals surface area contributed by atoms with Gasteiger partial charge in [-0.1, -0.05) is 41.4 Å². The number of ether oxygens (including phenoxy) is 1. The molecule has 0 amide bonds. The SMILES string of the molecule is N#Cc1nn(-c2cc(Cl)c(Cc3ccc(O)c(-c4cccc(OC(F)F)c4)c3)c(Cl)c2)c(=O)[nH]c1=O. The molecular weight excluding hydrogens is 517 g/mol. The first-order valence-corrected chi connectivity index (χ1v) is 10.9. The molecule has 0 atom stereocenters. The summed E-state index contributed by atoms with van der Waals surface area (Å²) in [6.45, 7) is -2.99. The summed E-state index contributed by atoms with van der Waals surface area (Å²) in [6, 6.07) is 15.1. The van der Waals surface area contributed by atoms with Gasteiger partial charge in [-0.15, -0.1) is 5.10 Å². The normalized spacial score (nSPS) is 10.9. The highest BCUT2D eigenvalue weighted by Gasteiger charge is 2.15. The lowest BCUT2D eigenvalue weighted by Gasteiger charge is -2.13. The van der Waals surface area contributed by atoms with Crippen molar-refractivity contribution in [1.82, 2.24) is 14.8 Å². The summed E-state index contributed by atoms with van der Waals surface area (Å²) in [5.41, 5.74) is -0.153. The zero-order valence-corrected chi connectivity index (χ0v) is 19.5. The molecule has 0 saturated heterocycles. The molecule has 0 aliphatic heterocycles. The number of alkyl halides is 2. The Morgan fingerprint density at radius 2 is 1.83 bits per heavy atom. The van der Waals surface area contributed by atoms with Gasteiger partial charge in [0, 0.05) is 22.0 Å². The summed E-state index contributed by atoms with van der Waals surface area (Å²) in [7, 11) is 0. The van der Waals surface area contributed by atoms with E-state index in [1.165, 1.54) is 36.4 Å². The van der Waals surface area contributed by atoms with Crippen LogP contribution in [0.1, 0.15) is 16.8 Å². The molecule has 182 valence electrons. The summed E-state index contributed by atoms with van der Waals surface area (Å²) in [5.74, 6) is -0.128. The fourth-order valence-electron chi connectivity index (χ4n) is 3.50. The average molecular weight is 531 g/mol. The summed E-state index contributed by atoms with van der Waals surface area (Å²) < 4.78 is 30.4. The van der Waals surface area contributed by atoms with Gasteiger partial charge in [-0.3, -0.25) is 9.78 Å². The van der Waals surface area contributed by atoms with E-state index in [1.807, 2.05) is 4.98 Å². The average Bonchev–Trinajstić information content (AvgIpc) is 2.82. The van der Waals surface area contributed by atoms with Gasteiger partial charge in [0.25, 0.3) is 5.56 Å². The number of phenols is 1. The van der Waals surface area contributed by atoms with Crippen LogP contribution >= 0.6 is 23.2 Å². The van der Waals surface area contributed by atoms with Crippen LogP contribution in [-0.4, -0.2) is 26.5 Å². The van der Waals surface area contributed by atoms with Crippen LogP contribution in [0.4, 0.5) is 8.78 Å². The van der Waals surface area contributed by atoms with Gasteiger partial charge < -0.3 is 9.84 Å². The fourth-order valence-corrected chi connectivity index (χ4v) is 4.11. The zero-order chi connectivity index (χ0) is 26.0. The van der Waals surface area contributed by atoms with Crippen LogP contribution in [0.2, 0.25) is 10.0 Å². The third-order valence-corrected chi connectivity index (χ3v) is 5.79. The van der Waals surface area contributed by atoms with Crippen LogP contribution in [0, 0.1) is 11.3 Å². The molecule has 36 heavy (non-hydrogen) atoms. The lowest BCUT2D eigenvalue weighted by atomic mass is 9.98. The van der Waals surface area contributed by atoms with E-state index in [2.05, 4.69) is 9.84 Å². The number of benzene rings is 3. The lowest BCUT2D eigenvalue weighted by Crippen LogP contribution is -2.33. The number of nitrogens with one attached hydrogen (secondary N) is 1. The Morgan fingerprint density at radius 1 is 1.11 bits per heavy atom. The number of rotatable bonds is 6. The van der Waals surface area contributed by atoms with Crippen LogP contribution in [0.25, 0.3) is 16.8 Å². The summed E-state index contributed by atoms with van der Waals surface area (Å²) in [6.07, 6.45) is 0.218. The molecule has 0 unspecified atom stereocenters. The van der Waals surface area contributed by atoms with Crippen molar-refractivity contribution in [3.8, 4) is 34.4 Å². The first-order chi connectivity index (χ1) is 17.2. The number of aromatic hydroxyl groups is 1. The van der Waals surface area contributed by atoms with Crippen LogP contribution in [0.5, 0.6) is 11.5 Å². The lowest BCUT2D eigenvalue weighted by molar-refractivity contribution is -0.0498. The van der Waals surface area contributed by atoms with Crippen LogP contribution in [-0.2, 0) is 6.42 Å². The first-order valence-electron chi connectivity index (χ1n) is 10.2. The van der Waals surface area contributed by atoms with Crippen molar-refractivity contribution in [3.05, 3.63) is 102 Å². The highest BCUT2D eigenvalue weighted by Crippen LogP contribution is 2.35. The molecule has 8 nitrogen and oxygen atoms in total. The van der Waals surface area contributed by atoms with E-state index < -0.39 is 23.6 Å².